The van der Waals surface area contributed by atoms with Gasteiger partial charge in [0.2, 0.25) is 5.91 Å². The highest BCUT2D eigenvalue weighted by molar-refractivity contribution is 7.99. The molecule has 0 bridgehead atoms. The maximum Gasteiger partial charge on any atom is 0.341 e. The van der Waals surface area contributed by atoms with E-state index in [4.69, 9.17) is 15.2 Å². The van der Waals surface area contributed by atoms with Crippen LogP contribution >= 0.6 is 23.1 Å². The summed E-state index contributed by atoms with van der Waals surface area (Å²) in [6.07, 6.45) is -0.364. The van der Waals surface area contributed by atoms with Crippen molar-refractivity contribution in [2.24, 2.45) is 5.73 Å². The molecule has 1 aromatic carbocycles. The first-order valence-electron chi connectivity index (χ1n) is 11.7. The van der Waals surface area contributed by atoms with Crippen LogP contribution in [0.25, 0.3) is 0 Å². The highest BCUT2D eigenvalue weighted by Crippen LogP contribution is 2.34. The van der Waals surface area contributed by atoms with E-state index in [0.717, 1.165) is 28.2 Å². The number of carbonyl (C=O) groups excluding carboxylic acids is 3. The third-order valence-electron chi connectivity index (χ3n) is 5.18. The van der Waals surface area contributed by atoms with E-state index in [0.29, 0.717) is 23.1 Å². The Balaban J connectivity index is 1.69. The number of benzene rings is 1. The maximum atomic E-state index is 12.8. The summed E-state index contributed by atoms with van der Waals surface area (Å²) in [5.41, 5.74) is 8.18. The molecular weight excluding hydrogens is 514 g/mol. The van der Waals surface area contributed by atoms with Crippen molar-refractivity contribution in [3.63, 3.8) is 0 Å². The largest absolute Gasteiger partial charge is 0.486 e. The van der Waals surface area contributed by atoms with Crippen molar-refractivity contribution in [2.75, 3.05) is 11.1 Å². The molecule has 0 spiro atoms. The van der Waals surface area contributed by atoms with Crippen LogP contribution in [0.5, 0.6) is 5.75 Å². The quantitative estimate of drug-likeness (QED) is 0.269. The monoisotopic (exact) mass is 545 g/mol. The second-order valence-corrected chi connectivity index (χ2v) is 10.6. The van der Waals surface area contributed by atoms with Crippen molar-refractivity contribution in [3.05, 3.63) is 51.2 Å². The van der Waals surface area contributed by atoms with Crippen molar-refractivity contribution in [1.82, 2.24) is 14.8 Å². The normalized spacial score (nSPS) is 11.0. The average Bonchev–Trinajstić information content (AvgIpc) is 3.35. The second-order valence-electron chi connectivity index (χ2n) is 8.67. The second kappa shape index (κ2) is 12.2. The van der Waals surface area contributed by atoms with Gasteiger partial charge in [0.05, 0.1) is 22.3 Å². The molecular formula is C25H31N5O5S2. The number of nitrogens with two attached hydrogens (primary N) is 1. The standard InChI is InChI=1S/C25H31N5O5S2/c1-7-30-18(11-34-17-9-14(4)8-15(5)10-17)28-29-25(30)36-12-19(31)27-23-20(24(33)35-13(2)3)16(6)21(37-23)22(26)32/h8-10,13H,7,11-12H2,1-6H3,(H2,26,32)(H,27,31). The van der Waals surface area contributed by atoms with Crippen LogP contribution in [0.2, 0.25) is 0 Å². The van der Waals surface area contributed by atoms with Gasteiger partial charge in [0, 0.05) is 6.54 Å². The molecule has 0 unspecified atom stereocenters. The number of carbonyl (C=O) groups is 3. The number of hydrogen-bond acceptors (Lipinski definition) is 9. The predicted molar refractivity (Wildman–Crippen MR) is 143 cm³/mol. The van der Waals surface area contributed by atoms with Gasteiger partial charge >= 0.3 is 5.97 Å². The van der Waals surface area contributed by atoms with Gasteiger partial charge in [-0.25, -0.2) is 4.79 Å². The zero-order valence-electron chi connectivity index (χ0n) is 21.7. The molecule has 0 saturated heterocycles. The van der Waals surface area contributed by atoms with E-state index in [9.17, 15) is 14.4 Å². The molecule has 3 N–H and O–H groups in total. The van der Waals surface area contributed by atoms with Gasteiger partial charge in [-0.2, -0.15) is 0 Å². The molecule has 0 aliphatic rings. The van der Waals surface area contributed by atoms with Crippen molar-refractivity contribution in [3.8, 4) is 5.75 Å². The Kier molecular flexibility index (Phi) is 9.33. The lowest BCUT2D eigenvalue weighted by Gasteiger charge is -2.11. The zero-order valence-corrected chi connectivity index (χ0v) is 23.3. The Morgan fingerprint density at radius 2 is 1.81 bits per heavy atom. The molecule has 2 heterocycles. The van der Waals surface area contributed by atoms with Crippen LogP contribution in [0.1, 0.15) is 63.3 Å². The lowest BCUT2D eigenvalue weighted by molar-refractivity contribution is -0.113. The van der Waals surface area contributed by atoms with Gasteiger partial charge in [0.25, 0.3) is 5.91 Å². The molecule has 0 aliphatic heterocycles. The van der Waals surface area contributed by atoms with E-state index < -0.39 is 11.9 Å². The molecule has 3 rings (SSSR count). The Bertz CT molecular complexity index is 1290. The number of nitrogens with one attached hydrogen (secondary N) is 1. The van der Waals surface area contributed by atoms with Gasteiger partial charge in [-0.15, -0.1) is 21.5 Å². The fourth-order valence-corrected chi connectivity index (χ4v) is 5.55. The van der Waals surface area contributed by atoms with Crippen LogP contribution in [0.4, 0.5) is 5.00 Å². The first-order valence-corrected chi connectivity index (χ1v) is 13.5. The van der Waals surface area contributed by atoms with Crippen LogP contribution in [-0.2, 0) is 22.7 Å². The molecule has 0 aliphatic carbocycles. The number of anilines is 1. The molecule has 10 nitrogen and oxygen atoms in total. The summed E-state index contributed by atoms with van der Waals surface area (Å²) < 4.78 is 13.1. The molecule has 12 heteroatoms. The molecule has 0 radical (unpaired) electrons. The molecule has 37 heavy (non-hydrogen) atoms. The van der Waals surface area contributed by atoms with E-state index in [-0.39, 0.29) is 39.8 Å². The number of hydrogen-bond donors (Lipinski definition) is 2. The third-order valence-corrected chi connectivity index (χ3v) is 7.36. The van der Waals surface area contributed by atoms with Gasteiger partial charge in [-0.05, 0) is 70.4 Å². The SMILES string of the molecule is CCn1c(COc2cc(C)cc(C)c2)nnc1SCC(=O)Nc1sc(C(N)=O)c(C)c1C(=O)OC(C)C. The summed E-state index contributed by atoms with van der Waals surface area (Å²) in [6, 6.07) is 5.99. The summed E-state index contributed by atoms with van der Waals surface area (Å²) in [7, 11) is 0. The minimum atomic E-state index is -0.678. The summed E-state index contributed by atoms with van der Waals surface area (Å²) in [6.45, 7) is 11.8. The first-order chi connectivity index (χ1) is 17.5. The summed E-state index contributed by atoms with van der Waals surface area (Å²) in [5, 5.41) is 12.0. The predicted octanol–water partition coefficient (Wildman–Crippen LogP) is 4.26. The topological polar surface area (TPSA) is 138 Å². The number of rotatable bonds is 11. The summed E-state index contributed by atoms with van der Waals surface area (Å²) in [5.74, 6) is -0.272. The molecule has 0 atom stereocenters. The van der Waals surface area contributed by atoms with E-state index in [2.05, 4.69) is 21.6 Å². The van der Waals surface area contributed by atoms with Crippen LogP contribution < -0.4 is 15.8 Å². The lowest BCUT2D eigenvalue weighted by atomic mass is 10.1. The summed E-state index contributed by atoms with van der Waals surface area (Å²) in [4.78, 5) is 37.4. The Morgan fingerprint density at radius 1 is 1.14 bits per heavy atom. The van der Waals surface area contributed by atoms with Crippen molar-refractivity contribution in [2.45, 2.75) is 66.0 Å². The lowest BCUT2D eigenvalue weighted by Crippen LogP contribution is -2.18. The highest BCUT2D eigenvalue weighted by Gasteiger charge is 2.26. The third kappa shape index (κ3) is 7.10. The fourth-order valence-electron chi connectivity index (χ4n) is 3.66. The summed E-state index contributed by atoms with van der Waals surface area (Å²) >= 11 is 2.16. The van der Waals surface area contributed by atoms with E-state index >= 15 is 0 Å². The number of nitrogens with zero attached hydrogens (tertiary/aromatic N) is 3. The van der Waals surface area contributed by atoms with Crippen LogP contribution in [0.3, 0.4) is 0 Å². The Morgan fingerprint density at radius 3 is 2.41 bits per heavy atom. The van der Waals surface area contributed by atoms with Gasteiger partial charge in [-0.1, -0.05) is 17.8 Å². The Labute approximate surface area is 223 Å². The molecule has 2 amide bonds. The van der Waals surface area contributed by atoms with Crippen molar-refractivity contribution in [1.29, 1.82) is 0 Å². The van der Waals surface area contributed by atoms with Crippen molar-refractivity contribution >= 4 is 45.9 Å². The van der Waals surface area contributed by atoms with Crippen LogP contribution in [0.15, 0.2) is 23.4 Å². The number of thioether (sulfide) groups is 1. The molecule has 3 aromatic rings. The van der Waals surface area contributed by atoms with Gasteiger partial charge in [-0.3, -0.25) is 9.59 Å². The van der Waals surface area contributed by atoms with Gasteiger partial charge in [0.1, 0.15) is 17.4 Å². The molecule has 0 fully saturated rings. The molecule has 2 aromatic heterocycles. The zero-order chi connectivity index (χ0) is 27.3. The van der Waals surface area contributed by atoms with Crippen LogP contribution in [0, 0.1) is 20.8 Å². The number of esters is 1. The van der Waals surface area contributed by atoms with E-state index in [1.165, 1.54) is 11.8 Å². The number of ether oxygens (including phenoxy) is 2. The molecule has 0 saturated carbocycles. The Hall–Kier alpha value is -3.38. The van der Waals surface area contributed by atoms with E-state index in [1.54, 1.807) is 20.8 Å². The smallest absolute Gasteiger partial charge is 0.341 e. The van der Waals surface area contributed by atoms with Crippen molar-refractivity contribution < 1.29 is 23.9 Å². The molecule has 198 valence electrons. The number of primary amides is 1. The number of thiophene rings is 1. The number of aromatic nitrogens is 3. The van der Waals surface area contributed by atoms with E-state index in [1.807, 2.05) is 37.5 Å². The number of amides is 2. The van der Waals surface area contributed by atoms with Gasteiger partial charge in [0.15, 0.2) is 11.0 Å². The van der Waals surface area contributed by atoms with Gasteiger partial charge < -0.3 is 25.1 Å². The number of aryl methyl sites for hydroxylation is 2. The minimum absolute atomic E-state index is 0.0115. The maximum absolute atomic E-state index is 12.8. The fraction of sp³-hybridized carbons (Fsp3) is 0.400. The minimum Gasteiger partial charge on any atom is -0.486 e. The van der Waals surface area contributed by atoms with Crippen LogP contribution in [-0.4, -0.2) is 44.4 Å². The highest BCUT2D eigenvalue weighted by atomic mass is 32.2. The first kappa shape index (κ1) is 28.2. The average molecular weight is 546 g/mol.